The third-order valence-corrected chi connectivity index (χ3v) is 10.4. The number of nitrogens with one attached hydrogen (secondary N) is 2. The molecule has 1 atom stereocenters. The van der Waals surface area contributed by atoms with E-state index in [-0.39, 0.29) is 6.10 Å². The van der Waals surface area contributed by atoms with Gasteiger partial charge in [0, 0.05) is 47.5 Å². The number of likely N-dealkylation sites (N-methyl/N-ethyl adjacent to an activating group) is 1. The van der Waals surface area contributed by atoms with Crippen molar-refractivity contribution in [2.45, 2.75) is 26.4 Å². The molecule has 36 heavy (non-hydrogen) atoms. The fourth-order valence-electron chi connectivity index (χ4n) is 4.86. The van der Waals surface area contributed by atoms with Crippen LogP contribution < -0.4 is 15.4 Å². The van der Waals surface area contributed by atoms with E-state index in [1.165, 1.54) is 6.20 Å². The zero-order chi connectivity index (χ0) is 25.3. The van der Waals surface area contributed by atoms with Crippen LogP contribution in [0.2, 0.25) is 0 Å². The van der Waals surface area contributed by atoms with Gasteiger partial charge in [-0.2, -0.15) is 0 Å². The first-order valence-corrected chi connectivity index (χ1v) is 14.6. The van der Waals surface area contributed by atoms with Crippen LogP contribution in [-0.4, -0.2) is 53.4 Å². The first kappa shape index (κ1) is 24.5. The highest BCUT2D eigenvalue weighted by molar-refractivity contribution is 7.71. The number of H-pyrrole nitrogens is 1. The molecule has 6 nitrogen and oxygen atoms in total. The smallest absolute Gasteiger partial charge is 0.165 e. The second-order valence-corrected chi connectivity index (χ2v) is 12.9. The third-order valence-electron chi connectivity index (χ3n) is 7.05. The maximum Gasteiger partial charge on any atom is 0.165 e. The highest BCUT2D eigenvalue weighted by Crippen LogP contribution is 2.46. The summed E-state index contributed by atoms with van der Waals surface area (Å²) >= 11 is 0. The topological polar surface area (TPSA) is 70.2 Å². The molecule has 2 aromatic heterocycles. The SMILES string of the molecule is CCP(=O)(CC)c1ccccc1Nc1c(F)cnc2[nH]c(-c3ccc(O[C@@H]4CCN(C)C4)cc3)cc12. The minimum atomic E-state index is -2.57. The number of anilines is 2. The first-order chi connectivity index (χ1) is 17.4. The molecule has 0 radical (unpaired) electrons. The summed E-state index contributed by atoms with van der Waals surface area (Å²) in [6, 6.07) is 17.3. The molecule has 0 spiro atoms. The van der Waals surface area contributed by atoms with Crippen LogP contribution in [0.4, 0.5) is 15.8 Å². The molecule has 1 aliphatic heterocycles. The van der Waals surface area contributed by atoms with Gasteiger partial charge in [-0.3, -0.25) is 0 Å². The van der Waals surface area contributed by atoms with Gasteiger partial charge in [-0.1, -0.05) is 26.0 Å². The van der Waals surface area contributed by atoms with Crippen LogP contribution in [0.15, 0.2) is 60.8 Å². The molecule has 1 aliphatic rings. The lowest BCUT2D eigenvalue weighted by Gasteiger charge is -2.20. The fourth-order valence-corrected chi connectivity index (χ4v) is 6.92. The molecule has 0 bridgehead atoms. The van der Waals surface area contributed by atoms with Crippen LogP contribution in [0.5, 0.6) is 5.75 Å². The van der Waals surface area contributed by atoms with Crippen molar-refractivity contribution in [2.24, 2.45) is 0 Å². The Balaban J connectivity index is 1.45. The van der Waals surface area contributed by atoms with Gasteiger partial charge in [0.1, 0.15) is 24.6 Å². The van der Waals surface area contributed by atoms with Gasteiger partial charge in [0.05, 0.1) is 11.9 Å². The Kier molecular flexibility index (Phi) is 6.87. The van der Waals surface area contributed by atoms with E-state index in [1.807, 2.05) is 68.4 Å². The van der Waals surface area contributed by atoms with Gasteiger partial charge in [-0.15, -0.1) is 0 Å². The van der Waals surface area contributed by atoms with Gasteiger partial charge in [0.15, 0.2) is 5.82 Å². The molecular weight excluding hydrogens is 474 g/mol. The third kappa shape index (κ3) is 4.78. The maximum absolute atomic E-state index is 15.1. The maximum atomic E-state index is 15.1. The van der Waals surface area contributed by atoms with E-state index >= 15 is 4.39 Å². The van der Waals surface area contributed by atoms with Crippen LogP contribution in [0.3, 0.4) is 0 Å². The fraction of sp³-hybridized carbons (Fsp3) is 0.321. The number of aromatic nitrogens is 2. The minimum absolute atomic E-state index is 0.216. The number of fused-ring (bicyclic) bond motifs is 1. The quantitative estimate of drug-likeness (QED) is 0.278. The molecule has 2 N–H and O–H groups in total. The van der Waals surface area contributed by atoms with Gasteiger partial charge in [-0.05, 0) is 61.5 Å². The molecule has 4 aromatic rings. The zero-order valence-electron chi connectivity index (χ0n) is 20.9. The molecule has 3 heterocycles. The van der Waals surface area contributed by atoms with Crippen LogP contribution in [0.25, 0.3) is 22.3 Å². The summed E-state index contributed by atoms with van der Waals surface area (Å²) in [7, 11) is -0.464. The van der Waals surface area contributed by atoms with E-state index in [2.05, 4.69) is 27.2 Å². The number of hydrogen-bond acceptors (Lipinski definition) is 5. The molecule has 0 amide bonds. The summed E-state index contributed by atoms with van der Waals surface area (Å²) in [4.78, 5) is 9.85. The van der Waals surface area contributed by atoms with E-state index in [1.54, 1.807) is 0 Å². The Hall–Kier alpha value is -3.15. The molecular formula is C28H32FN4O2P. The average Bonchev–Trinajstić information content (AvgIpc) is 3.52. The van der Waals surface area contributed by atoms with Crippen molar-refractivity contribution in [3.05, 3.63) is 66.6 Å². The second kappa shape index (κ2) is 10.1. The molecule has 188 valence electrons. The lowest BCUT2D eigenvalue weighted by atomic mass is 10.1. The number of rotatable bonds is 8. The highest BCUT2D eigenvalue weighted by atomic mass is 31.2. The van der Waals surface area contributed by atoms with Crippen molar-refractivity contribution >= 4 is 34.9 Å². The van der Waals surface area contributed by atoms with Crippen molar-refractivity contribution < 1.29 is 13.7 Å². The normalized spacial score (nSPS) is 16.5. The number of ether oxygens (including phenoxy) is 1. The number of likely N-dealkylation sites (tertiary alicyclic amines) is 1. The Bertz CT molecular complexity index is 1410. The van der Waals surface area contributed by atoms with E-state index in [0.29, 0.717) is 34.7 Å². The highest BCUT2D eigenvalue weighted by Gasteiger charge is 2.24. The Morgan fingerprint density at radius 3 is 2.61 bits per heavy atom. The number of nitrogens with zero attached hydrogens (tertiary/aromatic N) is 2. The summed E-state index contributed by atoms with van der Waals surface area (Å²) in [5, 5.41) is 4.63. The molecule has 0 unspecified atom stereocenters. The summed E-state index contributed by atoms with van der Waals surface area (Å²) < 4.78 is 34.7. The zero-order valence-corrected chi connectivity index (χ0v) is 21.8. The lowest BCUT2D eigenvalue weighted by molar-refractivity contribution is 0.208. The lowest BCUT2D eigenvalue weighted by Crippen LogP contribution is -2.21. The predicted octanol–water partition coefficient (Wildman–Crippen LogP) is 6.22. The molecule has 8 heteroatoms. The summed E-state index contributed by atoms with van der Waals surface area (Å²) in [5.74, 6) is 0.380. The van der Waals surface area contributed by atoms with Crippen LogP contribution in [0, 0.1) is 5.82 Å². The molecule has 0 saturated carbocycles. The molecule has 2 aromatic carbocycles. The summed E-state index contributed by atoms with van der Waals surface area (Å²) in [5.41, 5.74) is 3.35. The van der Waals surface area contributed by atoms with E-state index in [0.717, 1.165) is 41.8 Å². The van der Waals surface area contributed by atoms with Crippen molar-refractivity contribution in [1.82, 2.24) is 14.9 Å². The van der Waals surface area contributed by atoms with Gasteiger partial charge >= 0.3 is 0 Å². The average molecular weight is 507 g/mol. The van der Waals surface area contributed by atoms with Crippen LogP contribution >= 0.6 is 7.14 Å². The van der Waals surface area contributed by atoms with Crippen molar-refractivity contribution in [3.63, 3.8) is 0 Å². The number of aromatic amines is 1. The van der Waals surface area contributed by atoms with Crippen molar-refractivity contribution in [3.8, 4) is 17.0 Å². The Morgan fingerprint density at radius 1 is 1.17 bits per heavy atom. The number of pyridine rings is 1. The first-order valence-electron chi connectivity index (χ1n) is 12.5. The van der Waals surface area contributed by atoms with Crippen LogP contribution in [0.1, 0.15) is 20.3 Å². The monoisotopic (exact) mass is 506 g/mol. The number of halogens is 1. The standard InChI is InChI=1S/C28H32FN4O2P/c1-4-36(34,5-2)26-9-7-6-8-24(26)31-27-22-16-25(32-28(22)30-17-23(27)29)19-10-12-20(13-11-19)35-21-14-15-33(3)18-21/h6-13,16-17,21H,4-5,14-15,18H2,1-3H3,(H2,30,31,32)/t21-/m1/s1. The summed E-state index contributed by atoms with van der Waals surface area (Å²) in [6.07, 6.45) is 3.57. The van der Waals surface area contributed by atoms with Gasteiger partial charge in [-0.25, -0.2) is 9.37 Å². The number of hydrogen-bond donors (Lipinski definition) is 2. The number of para-hydroxylation sites is 1. The van der Waals surface area contributed by atoms with E-state index in [4.69, 9.17) is 4.74 Å². The Morgan fingerprint density at radius 2 is 1.92 bits per heavy atom. The van der Waals surface area contributed by atoms with E-state index < -0.39 is 13.0 Å². The van der Waals surface area contributed by atoms with Gasteiger partial charge in [0.2, 0.25) is 0 Å². The minimum Gasteiger partial charge on any atom is -0.489 e. The van der Waals surface area contributed by atoms with Gasteiger partial charge < -0.3 is 24.5 Å². The summed E-state index contributed by atoms with van der Waals surface area (Å²) in [6.45, 7) is 5.86. The van der Waals surface area contributed by atoms with Crippen LogP contribution in [-0.2, 0) is 4.57 Å². The number of benzene rings is 2. The van der Waals surface area contributed by atoms with E-state index in [9.17, 15) is 4.57 Å². The molecule has 5 rings (SSSR count). The van der Waals surface area contributed by atoms with Gasteiger partial charge in [0.25, 0.3) is 0 Å². The largest absolute Gasteiger partial charge is 0.489 e. The van der Waals surface area contributed by atoms with Crippen molar-refractivity contribution in [2.75, 3.05) is 37.8 Å². The molecule has 1 saturated heterocycles. The predicted molar refractivity (Wildman–Crippen MR) is 146 cm³/mol. The second-order valence-electron chi connectivity index (χ2n) is 9.41. The van der Waals surface area contributed by atoms with Crippen molar-refractivity contribution in [1.29, 1.82) is 0 Å². The Labute approximate surface area is 211 Å². The molecule has 1 fully saturated rings. The molecule has 0 aliphatic carbocycles.